The van der Waals surface area contributed by atoms with Crippen molar-refractivity contribution < 1.29 is 4.74 Å². The first-order valence-electron chi connectivity index (χ1n) is 4.83. The van der Waals surface area contributed by atoms with Gasteiger partial charge in [-0.2, -0.15) is 0 Å². The maximum Gasteiger partial charge on any atom is 0.123 e. The van der Waals surface area contributed by atoms with Gasteiger partial charge in [0.25, 0.3) is 0 Å². The summed E-state index contributed by atoms with van der Waals surface area (Å²) in [6, 6.07) is 10.9. The van der Waals surface area contributed by atoms with Gasteiger partial charge in [0.05, 0.1) is 0 Å². The van der Waals surface area contributed by atoms with E-state index in [0.717, 1.165) is 11.3 Å². The summed E-state index contributed by atoms with van der Waals surface area (Å²) < 4.78 is 5.56. The lowest BCUT2D eigenvalue weighted by atomic mass is 10.3. The number of benzene rings is 1. The third kappa shape index (κ3) is 2.87. The van der Waals surface area contributed by atoms with Crippen LogP contribution in [0.15, 0.2) is 42.6 Å². The van der Waals surface area contributed by atoms with Crippen LogP contribution in [-0.4, -0.2) is 4.98 Å². The first-order chi connectivity index (χ1) is 7.74. The lowest BCUT2D eigenvalue weighted by Crippen LogP contribution is -1.97. The summed E-state index contributed by atoms with van der Waals surface area (Å²) in [5.41, 5.74) is 6.55. The molecule has 0 atom stereocenters. The molecule has 3 nitrogen and oxygen atoms in total. The standard InChI is InChI=1S/C12H11ClN2O/c13-10-1-3-11(4-2-10)16-8-9-5-6-15-12(14)7-9/h1-7H,8H2,(H2,14,15). The van der Waals surface area contributed by atoms with Crippen LogP contribution in [0.25, 0.3) is 0 Å². The van der Waals surface area contributed by atoms with Crippen LogP contribution >= 0.6 is 11.6 Å². The van der Waals surface area contributed by atoms with Crippen molar-refractivity contribution in [3.63, 3.8) is 0 Å². The van der Waals surface area contributed by atoms with Crippen molar-refractivity contribution in [2.75, 3.05) is 5.73 Å². The number of aromatic nitrogens is 1. The SMILES string of the molecule is Nc1cc(COc2ccc(Cl)cc2)ccn1. The summed E-state index contributed by atoms with van der Waals surface area (Å²) in [6.45, 7) is 0.467. The molecule has 2 N–H and O–H groups in total. The van der Waals surface area contributed by atoms with Crippen molar-refractivity contribution in [1.29, 1.82) is 0 Å². The molecular weight excluding hydrogens is 224 g/mol. The molecule has 0 aliphatic carbocycles. The van der Waals surface area contributed by atoms with Gasteiger partial charge in [-0.15, -0.1) is 0 Å². The van der Waals surface area contributed by atoms with Gasteiger partial charge in [-0.3, -0.25) is 0 Å². The van der Waals surface area contributed by atoms with E-state index in [4.69, 9.17) is 22.1 Å². The zero-order valence-corrected chi connectivity index (χ0v) is 9.32. The Hall–Kier alpha value is -1.74. The Bertz CT molecular complexity index is 471. The highest BCUT2D eigenvalue weighted by Crippen LogP contribution is 2.17. The highest BCUT2D eigenvalue weighted by atomic mass is 35.5. The molecule has 0 aliphatic heterocycles. The predicted octanol–water partition coefficient (Wildman–Crippen LogP) is 2.90. The quantitative estimate of drug-likeness (QED) is 0.888. The molecule has 0 unspecified atom stereocenters. The Morgan fingerprint density at radius 3 is 2.62 bits per heavy atom. The predicted molar refractivity (Wildman–Crippen MR) is 64.4 cm³/mol. The highest BCUT2D eigenvalue weighted by Gasteiger charge is 1.97. The Morgan fingerprint density at radius 2 is 1.94 bits per heavy atom. The maximum atomic E-state index is 5.77. The summed E-state index contributed by atoms with van der Waals surface area (Å²) in [6.07, 6.45) is 1.66. The van der Waals surface area contributed by atoms with E-state index in [0.29, 0.717) is 17.4 Å². The van der Waals surface area contributed by atoms with Gasteiger partial charge >= 0.3 is 0 Å². The summed E-state index contributed by atoms with van der Waals surface area (Å²) in [7, 11) is 0. The van der Waals surface area contributed by atoms with Gasteiger partial charge in [0.2, 0.25) is 0 Å². The second-order valence-corrected chi connectivity index (χ2v) is 3.77. The molecule has 0 aliphatic rings. The molecule has 1 heterocycles. The first-order valence-corrected chi connectivity index (χ1v) is 5.20. The lowest BCUT2D eigenvalue weighted by molar-refractivity contribution is 0.306. The monoisotopic (exact) mass is 234 g/mol. The molecule has 0 amide bonds. The second kappa shape index (κ2) is 4.86. The van der Waals surface area contributed by atoms with Crippen LogP contribution in [0.4, 0.5) is 5.82 Å². The number of nitrogens with zero attached hydrogens (tertiary/aromatic N) is 1. The van der Waals surface area contributed by atoms with Crippen molar-refractivity contribution in [2.24, 2.45) is 0 Å². The molecule has 16 heavy (non-hydrogen) atoms. The second-order valence-electron chi connectivity index (χ2n) is 3.33. The minimum atomic E-state index is 0.467. The zero-order valence-electron chi connectivity index (χ0n) is 8.56. The fourth-order valence-electron chi connectivity index (χ4n) is 1.28. The summed E-state index contributed by atoms with van der Waals surface area (Å²) in [4.78, 5) is 3.91. The molecule has 0 bridgehead atoms. The average molecular weight is 235 g/mol. The van der Waals surface area contributed by atoms with Gasteiger partial charge in [0.15, 0.2) is 0 Å². The van der Waals surface area contributed by atoms with E-state index in [1.807, 2.05) is 18.2 Å². The number of nitrogen functional groups attached to an aromatic ring is 1. The van der Waals surface area contributed by atoms with Gasteiger partial charge in [0.1, 0.15) is 18.2 Å². The van der Waals surface area contributed by atoms with Gasteiger partial charge in [-0.1, -0.05) is 11.6 Å². The normalized spacial score (nSPS) is 10.1. The van der Waals surface area contributed by atoms with E-state index in [9.17, 15) is 0 Å². The van der Waals surface area contributed by atoms with Crippen LogP contribution in [0.5, 0.6) is 5.75 Å². The number of ether oxygens (including phenoxy) is 1. The molecule has 82 valence electrons. The topological polar surface area (TPSA) is 48.1 Å². The zero-order chi connectivity index (χ0) is 11.4. The molecule has 0 fully saturated rings. The molecule has 4 heteroatoms. The largest absolute Gasteiger partial charge is 0.489 e. The minimum Gasteiger partial charge on any atom is -0.489 e. The number of halogens is 1. The Labute approximate surface area is 98.8 Å². The van der Waals surface area contributed by atoms with Gasteiger partial charge < -0.3 is 10.5 Å². The van der Waals surface area contributed by atoms with Crippen LogP contribution < -0.4 is 10.5 Å². The molecule has 2 aromatic rings. The summed E-state index contributed by atoms with van der Waals surface area (Å²) in [5, 5.41) is 0.695. The van der Waals surface area contributed by atoms with Gasteiger partial charge in [0, 0.05) is 11.2 Å². The van der Waals surface area contributed by atoms with Crippen LogP contribution in [-0.2, 0) is 6.61 Å². The smallest absolute Gasteiger partial charge is 0.123 e. The van der Waals surface area contributed by atoms with E-state index >= 15 is 0 Å². The highest BCUT2D eigenvalue weighted by molar-refractivity contribution is 6.30. The van der Waals surface area contributed by atoms with Crippen molar-refractivity contribution in [2.45, 2.75) is 6.61 Å². The van der Waals surface area contributed by atoms with Crippen LogP contribution in [0.2, 0.25) is 5.02 Å². The van der Waals surface area contributed by atoms with Crippen LogP contribution in [0.3, 0.4) is 0 Å². The van der Waals surface area contributed by atoms with Crippen molar-refractivity contribution >= 4 is 17.4 Å². The van der Waals surface area contributed by atoms with E-state index < -0.39 is 0 Å². The van der Waals surface area contributed by atoms with Crippen LogP contribution in [0.1, 0.15) is 5.56 Å². The molecule has 1 aromatic heterocycles. The number of rotatable bonds is 3. The minimum absolute atomic E-state index is 0.467. The van der Waals surface area contributed by atoms with E-state index in [2.05, 4.69) is 4.98 Å². The molecular formula is C12H11ClN2O. The molecule has 2 rings (SSSR count). The molecule has 0 spiro atoms. The van der Waals surface area contributed by atoms with E-state index in [1.165, 1.54) is 0 Å². The number of anilines is 1. The maximum absolute atomic E-state index is 5.77. The van der Waals surface area contributed by atoms with Crippen molar-refractivity contribution in [1.82, 2.24) is 4.98 Å². The lowest BCUT2D eigenvalue weighted by Gasteiger charge is -2.06. The van der Waals surface area contributed by atoms with Crippen molar-refractivity contribution in [3.8, 4) is 5.75 Å². The first kappa shape index (κ1) is 10.8. The van der Waals surface area contributed by atoms with Gasteiger partial charge in [-0.25, -0.2) is 4.98 Å². The molecule has 1 aromatic carbocycles. The fraction of sp³-hybridized carbons (Fsp3) is 0.0833. The average Bonchev–Trinajstić information content (AvgIpc) is 2.28. The van der Waals surface area contributed by atoms with Gasteiger partial charge in [-0.05, 0) is 42.0 Å². The summed E-state index contributed by atoms with van der Waals surface area (Å²) in [5.74, 6) is 1.27. The number of hydrogen-bond donors (Lipinski definition) is 1. The number of pyridine rings is 1. The number of nitrogens with two attached hydrogens (primary N) is 1. The third-order valence-electron chi connectivity index (χ3n) is 2.06. The van der Waals surface area contributed by atoms with Crippen molar-refractivity contribution in [3.05, 3.63) is 53.2 Å². The van der Waals surface area contributed by atoms with E-state index in [-0.39, 0.29) is 0 Å². The fourth-order valence-corrected chi connectivity index (χ4v) is 1.41. The third-order valence-corrected chi connectivity index (χ3v) is 2.32. The Morgan fingerprint density at radius 1 is 1.19 bits per heavy atom. The molecule has 0 radical (unpaired) electrons. The molecule has 0 saturated heterocycles. The summed E-state index contributed by atoms with van der Waals surface area (Å²) >= 11 is 5.77. The number of hydrogen-bond acceptors (Lipinski definition) is 3. The molecule has 0 saturated carbocycles. The Kier molecular flexibility index (Phi) is 3.27. The Balaban J connectivity index is 1.99. The van der Waals surface area contributed by atoms with Crippen LogP contribution in [0, 0.1) is 0 Å². The van der Waals surface area contributed by atoms with E-state index in [1.54, 1.807) is 24.4 Å².